The second-order valence-electron chi connectivity index (χ2n) is 7.16. The van der Waals surface area contributed by atoms with Gasteiger partial charge in [-0.1, -0.05) is 12.1 Å². The lowest BCUT2D eigenvalue weighted by Gasteiger charge is -2.35. The van der Waals surface area contributed by atoms with Crippen molar-refractivity contribution in [2.45, 2.75) is 31.7 Å². The van der Waals surface area contributed by atoms with Crippen LogP contribution in [0.4, 0.5) is 14.6 Å². The summed E-state index contributed by atoms with van der Waals surface area (Å²) in [5.74, 6) is 1.45. The van der Waals surface area contributed by atoms with Crippen LogP contribution in [0.25, 0.3) is 0 Å². The molecule has 1 aliphatic carbocycles. The smallest absolute Gasteiger partial charge is 0.280 e. The zero-order chi connectivity index (χ0) is 18.8. The van der Waals surface area contributed by atoms with Gasteiger partial charge < -0.3 is 4.90 Å². The number of halogens is 2. The average Bonchev–Trinajstić information content (AvgIpc) is 3.54. The fourth-order valence-corrected chi connectivity index (χ4v) is 3.35. The molecule has 0 N–H and O–H groups in total. The number of anilines is 1. The maximum atomic E-state index is 13.2. The molecule has 2 aromatic rings. The van der Waals surface area contributed by atoms with Crippen LogP contribution in [-0.2, 0) is 6.54 Å². The first-order valence-electron chi connectivity index (χ1n) is 9.26. The van der Waals surface area contributed by atoms with Gasteiger partial charge in [0.2, 0.25) is 0 Å². The second-order valence-corrected chi connectivity index (χ2v) is 7.16. The quantitative estimate of drug-likeness (QED) is 0.808. The van der Waals surface area contributed by atoms with Gasteiger partial charge in [0.05, 0.1) is 11.6 Å². The Bertz CT molecular complexity index is 814. The highest BCUT2D eigenvalue weighted by Crippen LogP contribution is 2.39. The molecule has 140 valence electrons. The molecule has 27 heavy (non-hydrogen) atoms. The summed E-state index contributed by atoms with van der Waals surface area (Å²) in [6, 6.07) is 11.2. The van der Waals surface area contributed by atoms with Crippen molar-refractivity contribution in [1.82, 2.24) is 14.9 Å². The molecule has 1 aromatic carbocycles. The Morgan fingerprint density at radius 1 is 1.07 bits per heavy atom. The maximum Gasteiger partial charge on any atom is 0.280 e. The van der Waals surface area contributed by atoms with Crippen molar-refractivity contribution in [3.8, 4) is 6.07 Å². The molecule has 0 atom stereocenters. The topological polar surface area (TPSA) is 56.1 Å². The van der Waals surface area contributed by atoms with Crippen molar-refractivity contribution in [2.24, 2.45) is 0 Å². The third-order valence-electron chi connectivity index (χ3n) is 5.10. The summed E-state index contributed by atoms with van der Waals surface area (Å²) < 4.78 is 26.4. The fraction of sp³-hybridized carbons (Fsp3) is 0.450. The number of rotatable bonds is 5. The third kappa shape index (κ3) is 4.22. The van der Waals surface area contributed by atoms with Crippen molar-refractivity contribution in [2.75, 3.05) is 31.1 Å². The molecule has 1 saturated carbocycles. The Hall–Kier alpha value is -2.59. The predicted octanol–water partition coefficient (Wildman–Crippen LogP) is 3.49. The summed E-state index contributed by atoms with van der Waals surface area (Å²) in [6.07, 6.45) is -0.587. The van der Waals surface area contributed by atoms with E-state index in [-0.39, 0.29) is 11.6 Å². The monoisotopic (exact) mass is 369 g/mol. The Kier molecular flexibility index (Phi) is 4.99. The Morgan fingerprint density at radius 2 is 1.78 bits per heavy atom. The molecule has 2 heterocycles. The second kappa shape index (κ2) is 7.57. The number of hydrogen-bond acceptors (Lipinski definition) is 5. The number of nitriles is 1. The van der Waals surface area contributed by atoms with Crippen molar-refractivity contribution >= 4 is 5.82 Å². The van der Waals surface area contributed by atoms with E-state index in [4.69, 9.17) is 5.26 Å². The van der Waals surface area contributed by atoms with E-state index in [1.165, 1.54) is 11.6 Å². The van der Waals surface area contributed by atoms with Gasteiger partial charge in [-0.05, 0) is 30.5 Å². The number of hydrogen-bond donors (Lipinski definition) is 0. The predicted molar refractivity (Wildman–Crippen MR) is 97.6 cm³/mol. The van der Waals surface area contributed by atoms with E-state index in [0.29, 0.717) is 17.2 Å². The molecule has 0 bridgehead atoms. The van der Waals surface area contributed by atoms with Crippen molar-refractivity contribution < 1.29 is 8.78 Å². The summed E-state index contributed by atoms with van der Waals surface area (Å²) in [4.78, 5) is 13.0. The van der Waals surface area contributed by atoms with Crippen LogP contribution < -0.4 is 4.90 Å². The molecule has 1 aromatic heterocycles. The van der Waals surface area contributed by atoms with Crippen LogP contribution in [0.15, 0.2) is 30.3 Å². The van der Waals surface area contributed by atoms with Crippen molar-refractivity contribution in [3.05, 3.63) is 53.0 Å². The van der Waals surface area contributed by atoms with Crippen LogP contribution in [0.5, 0.6) is 0 Å². The van der Waals surface area contributed by atoms with Gasteiger partial charge in [-0.2, -0.15) is 5.26 Å². The average molecular weight is 369 g/mol. The summed E-state index contributed by atoms with van der Waals surface area (Å²) >= 11 is 0. The largest absolute Gasteiger partial charge is 0.354 e. The van der Waals surface area contributed by atoms with E-state index in [2.05, 4.69) is 25.8 Å². The first kappa shape index (κ1) is 17.8. The molecule has 4 rings (SSSR count). The van der Waals surface area contributed by atoms with Gasteiger partial charge in [-0.25, -0.2) is 18.7 Å². The number of piperazine rings is 1. The molecule has 0 radical (unpaired) electrons. The Morgan fingerprint density at radius 3 is 2.37 bits per heavy atom. The van der Waals surface area contributed by atoms with Gasteiger partial charge in [-0.15, -0.1) is 0 Å². The molecule has 2 aliphatic rings. The highest BCUT2D eigenvalue weighted by Gasteiger charge is 2.29. The molecule has 7 heteroatoms. The van der Waals surface area contributed by atoms with Gasteiger partial charge in [0.25, 0.3) is 6.43 Å². The Balaban J connectivity index is 1.40. The lowest BCUT2D eigenvalue weighted by atomic mass is 10.1. The van der Waals surface area contributed by atoms with Gasteiger partial charge in [0.1, 0.15) is 17.3 Å². The molecule has 1 saturated heterocycles. The van der Waals surface area contributed by atoms with Gasteiger partial charge in [0.15, 0.2) is 0 Å². The number of alkyl halides is 2. The zero-order valence-electron chi connectivity index (χ0n) is 15.0. The van der Waals surface area contributed by atoms with Crippen LogP contribution in [0.1, 0.15) is 47.8 Å². The first-order valence-corrected chi connectivity index (χ1v) is 9.26. The summed E-state index contributed by atoms with van der Waals surface area (Å²) in [6.45, 7) is 4.00. The van der Waals surface area contributed by atoms with E-state index < -0.39 is 6.43 Å². The molecule has 1 aliphatic heterocycles. The zero-order valence-corrected chi connectivity index (χ0v) is 15.0. The van der Waals surface area contributed by atoms with Crippen LogP contribution in [0, 0.1) is 11.3 Å². The highest BCUT2D eigenvalue weighted by molar-refractivity contribution is 5.41. The summed E-state index contributed by atoms with van der Waals surface area (Å²) in [7, 11) is 0. The van der Waals surface area contributed by atoms with Crippen LogP contribution in [-0.4, -0.2) is 41.0 Å². The number of aromatic nitrogens is 2. The standard InChI is InChI=1S/C20H21F2N5/c21-19(22)17-11-18(25-20(24-17)16-5-6-16)27-9-7-26(8-10-27)13-15-3-1-14(12-23)2-4-15/h1-4,11,16,19H,5-10,13H2. The van der Waals surface area contributed by atoms with Crippen molar-refractivity contribution in [3.63, 3.8) is 0 Å². The van der Waals surface area contributed by atoms with E-state index >= 15 is 0 Å². The lowest BCUT2D eigenvalue weighted by Crippen LogP contribution is -2.46. The molecule has 0 unspecified atom stereocenters. The van der Waals surface area contributed by atoms with E-state index in [1.807, 2.05) is 24.3 Å². The minimum Gasteiger partial charge on any atom is -0.354 e. The fourth-order valence-electron chi connectivity index (χ4n) is 3.35. The molecular formula is C20H21F2N5. The molecule has 0 amide bonds. The van der Waals surface area contributed by atoms with Crippen molar-refractivity contribution in [1.29, 1.82) is 5.26 Å². The van der Waals surface area contributed by atoms with Gasteiger partial charge >= 0.3 is 0 Å². The normalized spacial score (nSPS) is 17.9. The molecule has 0 spiro atoms. The van der Waals surface area contributed by atoms with E-state index in [0.717, 1.165) is 45.6 Å². The minimum atomic E-state index is -2.57. The highest BCUT2D eigenvalue weighted by atomic mass is 19.3. The Labute approximate surface area is 157 Å². The third-order valence-corrected chi connectivity index (χ3v) is 5.10. The lowest BCUT2D eigenvalue weighted by molar-refractivity contribution is 0.145. The van der Waals surface area contributed by atoms with Crippen LogP contribution >= 0.6 is 0 Å². The van der Waals surface area contributed by atoms with Gasteiger partial charge in [0, 0.05) is 44.7 Å². The van der Waals surface area contributed by atoms with Crippen LogP contribution in [0.2, 0.25) is 0 Å². The minimum absolute atomic E-state index is 0.165. The SMILES string of the molecule is N#Cc1ccc(CN2CCN(c3cc(C(F)F)nc(C4CC4)n3)CC2)cc1. The van der Waals surface area contributed by atoms with E-state index in [9.17, 15) is 8.78 Å². The van der Waals surface area contributed by atoms with Gasteiger partial charge in [-0.3, -0.25) is 4.90 Å². The number of benzene rings is 1. The summed E-state index contributed by atoms with van der Waals surface area (Å²) in [5, 5.41) is 8.88. The van der Waals surface area contributed by atoms with Crippen LogP contribution in [0.3, 0.4) is 0 Å². The summed E-state index contributed by atoms with van der Waals surface area (Å²) in [5.41, 5.74) is 1.66. The maximum absolute atomic E-state index is 13.2. The molecular weight excluding hydrogens is 348 g/mol. The number of nitrogens with zero attached hydrogens (tertiary/aromatic N) is 5. The molecule has 5 nitrogen and oxygen atoms in total. The molecule has 2 fully saturated rings. The first-order chi connectivity index (χ1) is 13.1. The van der Waals surface area contributed by atoms with E-state index in [1.54, 1.807) is 0 Å².